The first-order chi connectivity index (χ1) is 5.88. The lowest BCUT2D eigenvalue weighted by Crippen LogP contribution is -2.29. The maximum atomic E-state index is 12.1. The maximum Gasteiger partial charge on any atom is 0.505 e. The summed E-state index contributed by atoms with van der Waals surface area (Å²) in [5, 5.41) is 2.02. The molecule has 1 aromatic rings. The summed E-state index contributed by atoms with van der Waals surface area (Å²) in [6.07, 6.45) is -4.28. The Hall–Kier alpha value is -1.20. The van der Waals surface area contributed by atoms with Crippen molar-refractivity contribution >= 4 is 0 Å². The second kappa shape index (κ2) is 2.93. The summed E-state index contributed by atoms with van der Waals surface area (Å²) in [6, 6.07) is 0. The van der Waals surface area contributed by atoms with Gasteiger partial charge in [-0.15, -0.1) is 13.2 Å². The molecule has 74 valence electrons. The molecule has 0 aliphatic heterocycles. The minimum atomic E-state index is -4.66. The van der Waals surface area contributed by atoms with Gasteiger partial charge in [-0.25, -0.2) is 0 Å². The molecule has 0 bridgehead atoms. The van der Waals surface area contributed by atoms with Gasteiger partial charge in [-0.2, -0.15) is 4.68 Å². The van der Waals surface area contributed by atoms with E-state index in [1.165, 1.54) is 6.92 Å². The van der Waals surface area contributed by atoms with Crippen LogP contribution < -0.4 is 5.56 Å². The molecule has 0 aliphatic carbocycles. The molecule has 0 fully saturated rings. The van der Waals surface area contributed by atoms with Crippen molar-refractivity contribution in [2.45, 2.75) is 26.6 Å². The van der Waals surface area contributed by atoms with Crippen molar-refractivity contribution in [3.8, 4) is 0 Å². The number of aryl methyl sites for hydroxylation is 1. The number of nitrogens with zero attached hydrogens (tertiary/aromatic N) is 1. The standard InChI is InChI=1S/C7H9F3N2O/c1-3-5-4(2)6(13)12(11-5)7(8,9)10/h11H,3H2,1-2H3. The van der Waals surface area contributed by atoms with Crippen LogP contribution >= 0.6 is 0 Å². The van der Waals surface area contributed by atoms with Crippen LogP contribution in [0.3, 0.4) is 0 Å². The molecular formula is C7H9F3N2O. The third-order valence-corrected chi connectivity index (χ3v) is 1.83. The van der Waals surface area contributed by atoms with E-state index in [2.05, 4.69) is 0 Å². The molecule has 13 heavy (non-hydrogen) atoms. The van der Waals surface area contributed by atoms with Crippen LogP contribution in [0.5, 0.6) is 0 Å². The highest BCUT2D eigenvalue weighted by Crippen LogP contribution is 2.19. The molecule has 0 amide bonds. The molecule has 6 heteroatoms. The minimum absolute atomic E-state index is 0.125. The molecule has 3 nitrogen and oxygen atoms in total. The Balaban J connectivity index is 3.34. The van der Waals surface area contributed by atoms with Gasteiger partial charge < -0.3 is 0 Å². The van der Waals surface area contributed by atoms with Gasteiger partial charge in [0.05, 0.1) is 0 Å². The Morgan fingerprint density at radius 1 is 1.46 bits per heavy atom. The molecule has 0 saturated heterocycles. The first-order valence-electron chi connectivity index (χ1n) is 3.75. The van der Waals surface area contributed by atoms with Crippen LogP contribution in [-0.4, -0.2) is 9.78 Å². The van der Waals surface area contributed by atoms with Crippen LogP contribution in [0.15, 0.2) is 4.79 Å². The van der Waals surface area contributed by atoms with Crippen molar-refractivity contribution in [3.63, 3.8) is 0 Å². The predicted molar refractivity (Wildman–Crippen MR) is 40.5 cm³/mol. The van der Waals surface area contributed by atoms with Crippen LogP contribution in [0, 0.1) is 6.92 Å². The number of H-pyrrole nitrogens is 1. The highest BCUT2D eigenvalue weighted by Gasteiger charge is 2.34. The SMILES string of the molecule is CCc1[nH]n(C(F)(F)F)c(=O)c1C. The normalized spacial score (nSPS) is 12.1. The summed E-state index contributed by atoms with van der Waals surface area (Å²) >= 11 is 0. The molecule has 0 unspecified atom stereocenters. The summed E-state index contributed by atoms with van der Waals surface area (Å²) in [6.45, 7) is 3.05. The van der Waals surface area contributed by atoms with E-state index >= 15 is 0 Å². The van der Waals surface area contributed by atoms with Crippen LogP contribution in [0.1, 0.15) is 18.2 Å². The molecule has 1 rings (SSSR count). The van der Waals surface area contributed by atoms with Gasteiger partial charge >= 0.3 is 6.30 Å². The second-order valence-electron chi connectivity index (χ2n) is 2.68. The molecule has 0 saturated carbocycles. The Bertz CT molecular complexity index is 361. The van der Waals surface area contributed by atoms with E-state index in [1.807, 2.05) is 5.10 Å². The quantitative estimate of drug-likeness (QED) is 0.723. The number of rotatable bonds is 1. The molecular weight excluding hydrogens is 185 g/mol. The molecule has 1 heterocycles. The summed E-state index contributed by atoms with van der Waals surface area (Å²) in [7, 11) is 0. The van der Waals surface area contributed by atoms with E-state index < -0.39 is 11.9 Å². The zero-order chi connectivity index (χ0) is 10.2. The van der Waals surface area contributed by atoms with Gasteiger partial charge in [0, 0.05) is 11.3 Å². The maximum absolute atomic E-state index is 12.1. The predicted octanol–water partition coefficient (Wildman–Crippen LogP) is 1.52. The molecule has 0 atom stereocenters. The summed E-state index contributed by atoms with van der Waals surface area (Å²) < 4.78 is 36.0. The Morgan fingerprint density at radius 2 is 2.00 bits per heavy atom. The lowest BCUT2D eigenvalue weighted by molar-refractivity contribution is -0.214. The van der Waals surface area contributed by atoms with Crippen LogP contribution in [0.25, 0.3) is 0 Å². The van der Waals surface area contributed by atoms with E-state index in [0.29, 0.717) is 12.1 Å². The third kappa shape index (κ3) is 1.61. The van der Waals surface area contributed by atoms with E-state index in [0.717, 1.165) is 0 Å². The van der Waals surface area contributed by atoms with Crippen molar-refractivity contribution in [1.29, 1.82) is 0 Å². The largest absolute Gasteiger partial charge is 0.505 e. The molecule has 0 radical (unpaired) electrons. The number of alkyl halides is 3. The Kier molecular flexibility index (Phi) is 2.23. The molecule has 0 aromatic carbocycles. The lowest BCUT2D eigenvalue weighted by Gasteiger charge is -2.04. The second-order valence-corrected chi connectivity index (χ2v) is 2.68. The number of hydrogen-bond donors (Lipinski definition) is 1. The van der Waals surface area contributed by atoms with Gasteiger partial charge in [-0.05, 0) is 13.3 Å². The first kappa shape index (κ1) is 9.88. The van der Waals surface area contributed by atoms with Crippen molar-refractivity contribution in [2.75, 3.05) is 0 Å². The third-order valence-electron chi connectivity index (χ3n) is 1.83. The van der Waals surface area contributed by atoms with Crippen molar-refractivity contribution < 1.29 is 13.2 Å². The summed E-state index contributed by atoms with van der Waals surface area (Å²) in [5.74, 6) is 0. The van der Waals surface area contributed by atoms with Gasteiger partial charge in [0.25, 0.3) is 5.56 Å². The highest BCUT2D eigenvalue weighted by molar-refractivity contribution is 5.15. The topological polar surface area (TPSA) is 37.8 Å². The zero-order valence-corrected chi connectivity index (χ0v) is 7.20. The number of nitrogens with one attached hydrogen (secondary N) is 1. The van der Waals surface area contributed by atoms with Crippen molar-refractivity contribution in [3.05, 3.63) is 21.6 Å². The van der Waals surface area contributed by atoms with Gasteiger partial charge in [-0.3, -0.25) is 9.89 Å². The fourth-order valence-electron chi connectivity index (χ4n) is 1.09. The Labute approximate surface area is 72.2 Å². The first-order valence-corrected chi connectivity index (χ1v) is 3.75. The van der Waals surface area contributed by atoms with Crippen molar-refractivity contribution in [1.82, 2.24) is 9.78 Å². The number of aromatic amines is 1. The minimum Gasteiger partial charge on any atom is -0.292 e. The zero-order valence-electron chi connectivity index (χ0n) is 7.20. The monoisotopic (exact) mass is 194 g/mol. The van der Waals surface area contributed by atoms with Crippen molar-refractivity contribution in [2.24, 2.45) is 0 Å². The average Bonchev–Trinajstić information content (AvgIpc) is 2.28. The Morgan fingerprint density at radius 3 is 2.23 bits per heavy atom. The molecule has 0 spiro atoms. The van der Waals surface area contributed by atoms with Crippen LogP contribution in [0.4, 0.5) is 13.2 Å². The van der Waals surface area contributed by atoms with Crippen LogP contribution in [0.2, 0.25) is 0 Å². The van der Waals surface area contributed by atoms with Gasteiger partial charge in [0.1, 0.15) is 0 Å². The average molecular weight is 194 g/mol. The van der Waals surface area contributed by atoms with E-state index in [9.17, 15) is 18.0 Å². The van der Waals surface area contributed by atoms with Gasteiger partial charge in [0.2, 0.25) is 0 Å². The van der Waals surface area contributed by atoms with E-state index in [1.54, 1.807) is 6.92 Å². The molecule has 1 N–H and O–H groups in total. The number of halogens is 3. The molecule has 0 aliphatic rings. The van der Waals surface area contributed by atoms with Gasteiger partial charge in [-0.1, -0.05) is 6.92 Å². The fraction of sp³-hybridized carbons (Fsp3) is 0.571. The number of hydrogen-bond acceptors (Lipinski definition) is 1. The highest BCUT2D eigenvalue weighted by atomic mass is 19.4. The van der Waals surface area contributed by atoms with Gasteiger partial charge in [0.15, 0.2) is 0 Å². The van der Waals surface area contributed by atoms with E-state index in [-0.39, 0.29) is 10.2 Å². The van der Waals surface area contributed by atoms with Crippen LogP contribution in [-0.2, 0) is 12.7 Å². The van der Waals surface area contributed by atoms with E-state index in [4.69, 9.17) is 0 Å². The fourth-order valence-corrected chi connectivity index (χ4v) is 1.09. The number of aromatic nitrogens is 2. The summed E-state index contributed by atoms with van der Waals surface area (Å²) in [4.78, 5) is 11.0. The lowest BCUT2D eigenvalue weighted by atomic mass is 10.2. The summed E-state index contributed by atoms with van der Waals surface area (Å²) in [5.41, 5.74) is -0.577. The molecule has 1 aromatic heterocycles. The smallest absolute Gasteiger partial charge is 0.292 e.